The maximum Gasteiger partial charge on any atom is 0.419 e. The number of ether oxygens (including phenoxy) is 2. The van der Waals surface area contributed by atoms with E-state index in [9.17, 15) is 26.0 Å². The van der Waals surface area contributed by atoms with Gasteiger partial charge in [0.05, 0.1) is 30.4 Å². The van der Waals surface area contributed by atoms with Gasteiger partial charge in [-0.3, -0.25) is 0 Å². The largest absolute Gasteiger partial charge is 0.497 e. The molecule has 0 amide bonds. The molecule has 2 heterocycles. The van der Waals surface area contributed by atoms with Crippen LogP contribution in [-0.2, 0) is 16.2 Å². The van der Waals surface area contributed by atoms with Crippen molar-refractivity contribution in [2.75, 3.05) is 45.3 Å². The Bertz CT molecular complexity index is 1340. The second kappa shape index (κ2) is 9.90. The van der Waals surface area contributed by atoms with E-state index >= 15 is 0 Å². The summed E-state index contributed by atoms with van der Waals surface area (Å²) in [5.41, 5.74) is -0.387. The SMILES string of the molecule is COc1ccc(OC)c(-c2ccc(N3CCN(S(=O)(=O)c4ccc(F)c(C(F)(F)F)c4)CC3)nn2)c1. The quantitative estimate of drug-likeness (QED) is 0.452. The molecule has 4 rings (SSSR count). The molecule has 1 aliphatic heterocycles. The van der Waals surface area contributed by atoms with Crippen molar-refractivity contribution in [3.63, 3.8) is 0 Å². The predicted molar refractivity (Wildman–Crippen MR) is 123 cm³/mol. The topological polar surface area (TPSA) is 84.9 Å². The minimum atomic E-state index is -5.01. The lowest BCUT2D eigenvalue weighted by Crippen LogP contribution is -2.49. The fourth-order valence-corrected chi connectivity index (χ4v) is 5.29. The van der Waals surface area contributed by atoms with Crippen molar-refractivity contribution < 1.29 is 35.5 Å². The summed E-state index contributed by atoms with van der Waals surface area (Å²) in [6.45, 7) is 0.495. The molecule has 8 nitrogen and oxygen atoms in total. The lowest BCUT2D eigenvalue weighted by molar-refractivity contribution is -0.140. The first kappa shape index (κ1) is 25.6. The molecule has 1 aromatic heterocycles. The summed E-state index contributed by atoms with van der Waals surface area (Å²) in [4.78, 5) is 1.21. The van der Waals surface area contributed by atoms with Gasteiger partial charge in [0.2, 0.25) is 10.0 Å². The van der Waals surface area contributed by atoms with Crippen LogP contribution in [0.2, 0.25) is 0 Å². The van der Waals surface area contributed by atoms with Crippen LogP contribution in [0.3, 0.4) is 0 Å². The molecule has 1 aliphatic rings. The van der Waals surface area contributed by atoms with Gasteiger partial charge in [0, 0.05) is 31.7 Å². The van der Waals surface area contributed by atoms with Crippen LogP contribution in [0.4, 0.5) is 23.4 Å². The average Bonchev–Trinajstić information content (AvgIpc) is 2.88. The lowest BCUT2D eigenvalue weighted by atomic mass is 10.1. The number of piperazine rings is 1. The van der Waals surface area contributed by atoms with Crippen LogP contribution in [0.5, 0.6) is 11.5 Å². The van der Waals surface area contributed by atoms with Crippen molar-refractivity contribution in [3.05, 3.63) is 59.9 Å². The Hall–Kier alpha value is -3.45. The van der Waals surface area contributed by atoms with E-state index in [0.717, 1.165) is 10.4 Å². The minimum Gasteiger partial charge on any atom is -0.497 e. The molecule has 0 N–H and O–H groups in total. The third-order valence-electron chi connectivity index (χ3n) is 5.78. The molecular formula is C23H22F4N4O4S. The molecule has 3 aromatic rings. The second-order valence-corrected chi connectivity index (χ2v) is 9.81. The standard InChI is InChI=1S/C23H22F4N4O4S/c1-34-15-3-7-21(35-2)17(13-15)20-6-8-22(29-28-20)30-9-11-31(12-10-30)36(32,33)16-4-5-19(24)18(14-16)23(25,26)27/h3-8,13-14H,9-12H2,1-2H3. The lowest BCUT2D eigenvalue weighted by Gasteiger charge is -2.34. The van der Waals surface area contributed by atoms with Crippen LogP contribution < -0.4 is 14.4 Å². The van der Waals surface area contributed by atoms with Crippen LogP contribution >= 0.6 is 0 Å². The van der Waals surface area contributed by atoms with E-state index < -0.39 is 32.5 Å². The highest BCUT2D eigenvalue weighted by atomic mass is 32.2. The fraction of sp³-hybridized carbons (Fsp3) is 0.304. The Balaban J connectivity index is 1.48. The molecule has 0 atom stereocenters. The number of anilines is 1. The number of benzene rings is 2. The Morgan fingerprint density at radius 1 is 0.889 bits per heavy atom. The molecule has 0 bridgehead atoms. The van der Waals surface area contributed by atoms with E-state index in [0.29, 0.717) is 40.7 Å². The summed E-state index contributed by atoms with van der Waals surface area (Å²) >= 11 is 0. The molecule has 36 heavy (non-hydrogen) atoms. The van der Waals surface area contributed by atoms with Gasteiger partial charge in [-0.2, -0.15) is 17.5 Å². The van der Waals surface area contributed by atoms with E-state index in [2.05, 4.69) is 10.2 Å². The molecule has 1 fully saturated rings. The molecule has 1 saturated heterocycles. The molecule has 0 aliphatic carbocycles. The van der Waals surface area contributed by atoms with Crippen LogP contribution in [0.15, 0.2) is 53.4 Å². The zero-order valence-corrected chi connectivity index (χ0v) is 20.1. The Morgan fingerprint density at radius 2 is 1.61 bits per heavy atom. The minimum absolute atomic E-state index is 0.00813. The van der Waals surface area contributed by atoms with Crippen LogP contribution in [0.25, 0.3) is 11.3 Å². The Labute approximate surface area is 205 Å². The van der Waals surface area contributed by atoms with Crippen molar-refractivity contribution in [2.24, 2.45) is 0 Å². The summed E-state index contributed by atoms with van der Waals surface area (Å²) in [5.74, 6) is 0.197. The number of halogens is 4. The summed E-state index contributed by atoms with van der Waals surface area (Å²) in [7, 11) is -1.16. The first-order valence-electron chi connectivity index (χ1n) is 10.7. The van der Waals surface area contributed by atoms with Crippen LogP contribution in [-0.4, -0.2) is 63.3 Å². The number of hydrogen-bond donors (Lipinski definition) is 0. The highest BCUT2D eigenvalue weighted by Crippen LogP contribution is 2.34. The smallest absolute Gasteiger partial charge is 0.419 e. The van der Waals surface area contributed by atoms with Gasteiger partial charge in [0.1, 0.15) is 17.3 Å². The maximum absolute atomic E-state index is 13.6. The van der Waals surface area contributed by atoms with Gasteiger partial charge >= 0.3 is 6.18 Å². The summed E-state index contributed by atoms with van der Waals surface area (Å²) < 4.78 is 90.2. The zero-order valence-electron chi connectivity index (χ0n) is 19.3. The first-order valence-corrected chi connectivity index (χ1v) is 12.2. The summed E-state index contributed by atoms with van der Waals surface area (Å²) in [6.07, 6.45) is -5.01. The van der Waals surface area contributed by atoms with E-state index in [1.165, 1.54) is 7.11 Å². The number of rotatable bonds is 6. The molecule has 0 saturated carbocycles. The number of sulfonamides is 1. The third-order valence-corrected chi connectivity index (χ3v) is 7.67. The van der Waals surface area contributed by atoms with E-state index in [1.807, 2.05) is 4.90 Å². The van der Waals surface area contributed by atoms with E-state index in [1.54, 1.807) is 37.4 Å². The van der Waals surface area contributed by atoms with Crippen LogP contribution in [0.1, 0.15) is 5.56 Å². The van der Waals surface area contributed by atoms with E-state index in [-0.39, 0.29) is 26.2 Å². The number of aromatic nitrogens is 2. The van der Waals surface area contributed by atoms with Gasteiger partial charge in [-0.25, -0.2) is 12.8 Å². The van der Waals surface area contributed by atoms with Crippen molar-refractivity contribution in [1.82, 2.24) is 14.5 Å². The highest BCUT2D eigenvalue weighted by molar-refractivity contribution is 7.89. The van der Waals surface area contributed by atoms with Crippen molar-refractivity contribution in [1.29, 1.82) is 0 Å². The normalized spacial score (nSPS) is 15.1. The van der Waals surface area contributed by atoms with Gasteiger partial charge in [0.15, 0.2) is 5.82 Å². The zero-order chi connectivity index (χ0) is 26.1. The maximum atomic E-state index is 13.6. The van der Waals surface area contributed by atoms with Gasteiger partial charge in [0.25, 0.3) is 0 Å². The Morgan fingerprint density at radius 3 is 2.19 bits per heavy atom. The first-order chi connectivity index (χ1) is 17.0. The van der Waals surface area contributed by atoms with Crippen molar-refractivity contribution >= 4 is 15.8 Å². The van der Waals surface area contributed by atoms with Gasteiger partial charge in [-0.1, -0.05) is 0 Å². The molecule has 2 aromatic carbocycles. The van der Waals surface area contributed by atoms with Crippen LogP contribution in [0, 0.1) is 5.82 Å². The average molecular weight is 527 g/mol. The monoisotopic (exact) mass is 526 g/mol. The molecule has 0 unspecified atom stereocenters. The van der Waals surface area contributed by atoms with E-state index in [4.69, 9.17) is 9.47 Å². The van der Waals surface area contributed by atoms with Crippen molar-refractivity contribution in [2.45, 2.75) is 11.1 Å². The molecule has 0 radical (unpaired) electrons. The summed E-state index contributed by atoms with van der Waals surface area (Å²) in [5, 5.41) is 8.51. The third kappa shape index (κ3) is 5.07. The van der Waals surface area contributed by atoms with Gasteiger partial charge < -0.3 is 14.4 Å². The van der Waals surface area contributed by atoms with Crippen molar-refractivity contribution in [3.8, 4) is 22.8 Å². The van der Waals surface area contributed by atoms with Gasteiger partial charge in [-0.05, 0) is 48.5 Å². The highest BCUT2D eigenvalue weighted by Gasteiger charge is 2.37. The second-order valence-electron chi connectivity index (χ2n) is 7.87. The Kier molecular flexibility index (Phi) is 7.05. The summed E-state index contributed by atoms with van der Waals surface area (Å²) in [6, 6.07) is 10.4. The number of methoxy groups -OCH3 is 2. The molecule has 192 valence electrons. The number of nitrogens with zero attached hydrogens (tertiary/aromatic N) is 4. The molecular weight excluding hydrogens is 504 g/mol. The fourth-order valence-electron chi connectivity index (χ4n) is 3.84. The van der Waals surface area contributed by atoms with Gasteiger partial charge in [-0.15, -0.1) is 10.2 Å². The molecule has 13 heteroatoms. The number of hydrogen-bond acceptors (Lipinski definition) is 7. The molecule has 0 spiro atoms. The predicted octanol–water partition coefficient (Wildman–Crippen LogP) is 3.83. The number of alkyl halides is 3.